The Morgan fingerprint density at radius 3 is 2.35 bits per heavy atom. The van der Waals surface area contributed by atoms with Crippen molar-refractivity contribution >= 4 is 0 Å². The lowest BCUT2D eigenvalue weighted by molar-refractivity contribution is 0.505. The lowest BCUT2D eigenvalue weighted by atomic mass is 9.76. The molecule has 2 heterocycles. The molecule has 0 radical (unpaired) electrons. The van der Waals surface area contributed by atoms with Gasteiger partial charge in [0.15, 0.2) is 0 Å². The van der Waals surface area contributed by atoms with Crippen LogP contribution in [0.15, 0.2) is 30.9 Å². The molecule has 0 fully saturated rings. The van der Waals surface area contributed by atoms with Gasteiger partial charge in [0.2, 0.25) is 0 Å². The lowest BCUT2D eigenvalue weighted by Crippen LogP contribution is -2.23. The van der Waals surface area contributed by atoms with Crippen molar-refractivity contribution in [3.05, 3.63) is 47.5 Å². The van der Waals surface area contributed by atoms with Crippen molar-refractivity contribution in [2.24, 2.45) is 7.05 Å². The molecule has 0 amide bonds. The second-order valence-electron chi connectivity index (χ2n) is 7.25. The zero-order valence-corrected chi connectivity index (χ0v) is 13.4. The molecular formula is C17H25N3. The van der Waals surface area contributed by atoms with E-state index in [0.717, 1.165) is 6.42 Å². The maximum atomic E-state index is 4.30. The van der Waals surface area contributed by atoms with Gasteiger partial charge in [-0.05, 0) is 40.0 Å². The van der Waals surface area contributed by atoms with Crippen LogP contribution in [0, 0.1) is 0 Å². The van der Waals surface area contributed by atoms with Crippen molar-refractivity contribution in [2.75, 3.05) is 0 Å². The minimum absolute atomic E-state index is 0.0651. The van der Waals surface area contributed by atoms with Crippen LogP contribution in [0.25, 0.3) is 0 Å². The van der Waals surface area contributed by atoms with E-state index < -0.39 is 0 Å². The molecule has 0 aromatic carbocycles. The Labute approximate surface area is 122 Å². The third-order valence-electron chi connectivity index (χ3n) is 3.84. The summed E-state index contributed by atoms with van der Waals surface area (Å²) in [6.07, 6.45) is 8.97. The van der Waals surface area contributed by atoms with Crippen LogP contribution in [0.3, 0.4) is 0 Å². The Morgan fingerprint density at radius 2 is 1.80 bits per heavy atom. The highest BCUT2D eigenvalue weighted by Crippen LogP contribution is 2.32. The van der Waals surface area contributed by atoms with Crippen LogP contribution >= 0.6 is 0 Å². The van der Waals surface area contributed by atoms with Gasteiger partial charge in [-0.1, -0.05) is 34.6 Å². The minimum atomic E-state index is 0.0651. The summed E-state index contributed by atoms with van der Waals surface area (Å²) in [5.41, 5.74) is 4.17. The number of nitrogens with zero attached hydrogens (tertiary/aromatic N) is 3. The smallest absolute Gasteiger partial charge is 0.0527 e. The summed E-state index contributed by atoms with van der Waals surface area (Å²) < 4.78 is 1.87. The SMILES string of the molecule is Cn1cc(C(C)(C)Cc2ccncc2C(C)(C)C)cn1. The Bertz CT molecular complexity index is 588. The van der Waals surface area contributed by atoms with Crippen LogP contribution in [-0.4, -0.2) is 14.8 Å². The molecule has 0 atom stereocenters. The molecule has 0 saturated carbocycles. The van der Waals surface area contributed by atoms with Gasteiger partial charge in [-0.2, -0.15) is 5.10 Å². The first-order valence-corrected chi connectivity index (χ1v) is 7.13. The predicted octanol–water partition coefficient (Wildman–Crippen LogP) is 3.63. The molecule has 0 aliphatic heterocycles. The van der Waals surface area contributed by atoms with Crippen LogP contribution in [0.1, 0.15) is 51.3 Å². The van der Waals surface area contributed by atoms with Crippen LogP contribution < -0.4 is 0 Å². The molecule has 2 rings (SSSR count). The summed E-state index contributed by atoms with van der Waals surface area (Å²) in [5.74, 6) is 0. The molecule has 20 heavy (non-hydrogen) atoms. The van der Waals surface area contributed by atoms with Gasteiger partial charge in [0.1, 0.15) is 0 Å². The van der Waals surface area contributed by atoms with E-state index in [1.54, 1.807) is 0 Å². The zero-order chi connectivity index (χ0) is 15.0. The molecule has 0 bridgehead atoms. The predicted molar refractivity (Wildman–Crippen MR) is 82.9 cm³/mol. The van der Waals surface area contributed by atoms with Crippen molar-refractivity contribution in [3.8, 4) is 0 Å². The summed E-state index contributed by atoms with van der Waals surface area (Å²) >= 11 is 0. The third-order valence-corrected chi connectivity index (χ3v) is 3.84. The molecule has 0 aliphatic carbocycles. The fraction of sp³-hybridized carbons (Fsp3) is 0.529. The Kier molecular flexibility index (Phi) is 3.72. The molecule has 2 aromatic rings. The molecule has 0 spiro atoms. The van der Waals surface area contributed by atoms with E-state index >= 15 is 0 Å². The first kappa shape index (κ1) is 14.8. The van der Waals surface area contributed by atoms with Gasteiger partial charge in [0.25, 0.3) is 0 Å². The van der Waals surface area contributed by atoms with Gasteiger partial charge in [-0.15, -0.1) is 0 Å². The molecule has 2 aromatic heterocycles. The number of hydrogen-bond donors (Lipinski definition) is 0. The van der Waals surface area contributed by atoms with Crippen molar-refractivity contribution < 1.29 is 0 Å². The van der Waals surface area contributed by atoms with E-state index in [-0.39, 0.29) is 10.8 Å². The Morgan fingerprint density at radius 1 is 1.10 bits per heavy atom. The topological polar surface area (TPSA) is 30.7 Å². The van der Waals surface area contributed by atoms with Crippen molar-refractivity contribution in [1.29, 1.82) is 0 Å². The normalized spacial score (nSPS) is 12.7. The number of aryl methyl sites for hydroxylation is 1. The highest BCUT2D eigenvalue weighted by atomic mass is 15.2. The number of hydrogen-bond acceptors (Lipinski definition) is 2. The van der Waals surface area contributed by atoms with Gasteiger partial charge in [-0.3, -0.25) is 9.67 Å². The molecule has 0 saturated heterocycles. The molecule has 0 aliphatic rings. The van der Waals surface area contributed by atoms with E-state index in [4.69, 9.17) is 0 Å². The van der Waals surface area contributed by atoms with Crippen molar-refractivity contribution in [2.45, 2.75) is 51.9 Å². The quantitative estimate of drug-likeness (QED) is 0.853. The van der Waals surface area contributed by atoms with Gasteiger partial charge < -0.3 is 0 Å². The number of pyridine rings is 1. The van der Waals surface area contributed by atoms with Crippen molar-refractivity contribution in [1.82, 2.24) is 14.8 Å². The zero-order valence-electron chi connectivity index (χ0n) is 13.4. The van der Waals surface area contributed by atoms with Gasteiger partial charge >= 0.3 is 0 Å². The van der Waals surface area contributed by atoms with Gasteiger partial charge in [0.05, 0.1) is 6.20 Å². The van der Waals surface area contributed by atoms with E-state index in [9.17, 15) is 0 Å². The molecular weight excluding hydrogens is 246 g/mol. The molecule has 0 N–H and O–H groups in total. The van der Waals surface area contributed by atoms with Crippen LogP contribution in [0.5, 0.6) is 0 Å². The Balaban J connectivity index is 2.35. The summed E-state index contributed by atoms with van der Waals surface area (Å²) in [5, 5.41) is 4.30. The summed E-state index contributed by atoms with van der Waals surface area (Å²) in [6, 6.07) is 2.15. The largest absolute Gasteiger partial charge is 0.276 e. The molecule has 3 nitrogen and oxygen atoms in total. The number of rotatable bonds is 3. The fourth-order valence-corrected chi connectivity index (χ4v) is 2.60. The summed E-state index contributed by atoms with van der Waals surface area (Å²) in [4.78, 5) is 4.30. The van der Waals surface area contributed by atoms with Crippen LogP contribution in [-0.2, 0) is 24.3 Å². The standard InChI is InChI=1S/C17H25N3/c1-16(2,3)15-11-18-8-7-13(15)9-17(4,5)14-10-19-20(6)12-14/h7-8,10-12H,9H2,1-6H3. The molecule has 0 unspecified atom stereocenters. The highest BCUT2D eigenvalue weighted by Gasteiger charge is 2.26. The summed E-state index contributed by atoms with van der Waals surface area (Å²) in [6.45, 7) is 11.3. The second-order valence-corrected chi connectivity index (χ2v) is 7.25. The number of aromatic nitrogens is 3. The first-order valence-electron chi connectivity index (χ1n) is 7.13. The maximum absolute atomic E-state index is 4.30. The second kappa shape index (κ2) is 5.04. The van der Waals surface area contributed by atoms with Gasteiger partial charge in [-0.25, -0.2) is 0 Å². The summed E-state index contributed by atoms with van der Waals surface area (Å²) in [7, 11) is 1.96. The maximum Gasteiger partial charge on any atom is 0.0527 e. The third kappa shape index (κ3) is 3.09. The van der Waals surface area contributed by atoms with Crippen molar-refractivity contribution in [3.63, 3.8) is 0 Å². The fourth-order valence-electron chi connectivity index (χ4n) is 2.60. The average molecular weight is 271 g/mol. The van der Waals surface area contributed by atoms with E-state index in [1.165, 1.54) is 16.7 Å². The monoisotopic (exact) mass is 271 g/mol. The van der Waals surface area contributed by atoms with Gasteiger partial charge in [0, 0.05) is 25.6 Å². The first-order chi connectivity index (χ1) is 9.20. The van der Waals surface area contributed by atoms with Crippen LogP contribution in [0.2, 0.25) is 0 Å². The lowest BCUT2D eigenvalue weighted by Gasteiger charge is -2.28. The van der Waals surface area contributed by atoms with E-state index in [2.05, 4.69) is 57.0 Å². The van der Waals surface area contributed by atoms with E-state index in [1.807, 2.05) is 30.3 Å². The highest BCUT2D eigenvalue weighted by molar-refractivity contribution is 5.33. The molecule has 3 heteroatoms. The Hall–Kier alpha value is -1.64. The minimum Gasteiger partial charge on any atom is -0.276 e. The van der Waals surface area contributed by atoms with Crippen LogP contribution in [0.4, 0.5) is 0 Å². The average Bonchev–Trinajstić information content (AvgIpc) is 2.75. The molecule has 108 valence electrons. The van der Waals surface area contributed by atoms with E-state index in [0.29, 0.717) is 0 Å².